The van der Waals surface area contributed by atoms with E-state index >= 15 is 0 Å². The summed E-state index contributed by atoms with van der Waals surface area (Å²) in [6, 6.07) is 2.84. The molecule has 8 heteroatoms. The lowest BCUT2D eigenvalue weighted by atomic mass is 10.3. The van der Waals surface area contributed by atoms with Gasteiger partial charge >= 0.3 is 0 Å². The number of carbonyl (C=O) groups excluding carboxylic acids is 1. The molecule has 1 unspecified atom stereocenters. The minimum Gasteiger partial charge on any atom is -0.323 e. The van der Waals surface area contributed by atoms with Crippen molar-refractivity contribution in [3.05, 3.63) is 51.4 Å². The molecule has 0 spiro atoms. The van der Waals surface area contributed by atoms with Gasteiger partial charge in [0.25, 0.3) is 5.56 Å². The van der Waals surface area contributed by atoms with E-state index in [0.29, 0.717) is 10.7 Å². The summed E-state index contributed by atoms with van der Waals surface area (Å²) in [6.45, 7) is 1.60. The van der Waals surface area contributed by atoms with Gasteiger partial charge in [0.05, 0.1) is 16.6 Å². The molecule has 0 saturated carbocycles. The second kappa shape index (κ2) is 6.72. The molecule has 1 aromatic carbocycles. The van der Waals surface area contributed by atoms with Crippen molar-refractivity contribution >= 4 is 23.4 Å². The number of H-pyrrole nitrogens is 1. The first-order valence-electron chi connectivity index (χ1n) is 7.48. The average molecular weight is 351 g/mol. The summed E-state index contributed by atoms with van der Waals surface area (Å²) in [4.78, 5) is 31.1. The van der Waals surface area contributed by atoms with Crippen molar-refractivity contribution in [1.82, 2.24) is 9.97 Å². The van der Waals surface area contributed by atoms with E-state index in [4.69, 9.17) is 0 Å². The number of aromatic amines is 1. The number of anilines is 1. The molecule has 3 rings (SSSR count). The summed E-state index contributed by atoms with van der Waals surface area (Å²) in [5.41, 5.74) is 1.08. The Balaban J connectivity index is 1.72. The van der Waals surface area contributed by atoms with E-state index in [2.05, 4.69) is 15.3 Å². The molecule has 2 aromatic rings. The third kappa shape index (κ3) is 3.48. The smallest absolute Gasteiger partial charge is 0.254 e. The fraction of sp³-hybridized carbons (Fsp3) is 0.312. The molecule has 1 aromatic heterocycles. The number of fused-ring (bicyclic) bond motifs is 1. The third-order valence-electron chi connectivity index (χ3n) is 3.76. The Morgan fingerprint density at radius 1 is 1.38 bits per heavy atom. The van der Waals surface area contributed by atoms with E-state index in [1.165, 1.54) is 0 Å². The van der Waals surface area contributed by atoms with Crippen LogP contribution in [0, 0.1) is 11.6 Å². The van der Waals surface area contributed by atoms with Crippen LogP contribution in [0.3, 0.4) is 0 Å². The first-order valence-corrected chi connectivity index (χ1v) is 8.36. The maximum absolute atomic E-state index is 13.6. The van der Waals surface area contributed by atoms with Crippen molar-refractivity contribution in [3.63, 3.8) is 0 Å². The molecule has 24 heavy (non-hydrogen) atoms. The molecule has 126 valence electrons. The lowest BCUT2D eigenvalue weighted by Crippen LogP contribution is -2.24. The van der Waals surface area contributed by atoms with E-state index in [1.54, 1.807) is 6.92 Å². The van der Waals surface area contributed by atoms with Crippen LogP contribution in [0.4, 0.5) is 14.5 Å². The van der Waals surface area contributed by atoms with Crippen molar-refractivity contribution in [2.24, 2.45) is 0 Å². The van der Waals surface area contributed by atoms with Crippen LogP contribution in [0.15, 0.2) is 28.2 Å². The number of aromatic nitrogens is 2. The Morgan fingerprint density at radius 2 is 2.17 bits per heavy atom. The van der Waals surface area contributed by atoms with Crippen LogP contribution >= 0.6 is 11.8 Å². The molecule has 0 saturated heterocycles. The molecule has 0 bridgehead atoms. The molecule has 0 fully saturated rings. The molecule has 1 aliphatic carbocycles. The number of benzene rings is 1. The summed E-state index contributed by atoms with van der Waals surface area (Å²) >= 11 is 1.07. The van der Waals surface area contributed by atoms with E-state index in [0.717, 1.165) is 54.9 Å². The number of rotatable bonds is 4. The summed E-state index contributed by atoms with van der Waals surface area (Å²) < 4.78 is 26.7. The van der Waals surface area contributed by atoms with Crippen molar-refractivity contribution in [1.29, 1.82) is 0 Å². The van der Waals surface area contributed by atoms with Crippen LogP contribution in [0.1, 0.15) is 24.6 Å². The number of nitrogens with one attached hydrogen (secondary N) is 2. The molecule has 0 aliphatic heterocycles. The molecular formula is C16H15F2N3O2S. The van der Waals surface area contributed by atoms with Gasteiger partial charge in [-0.15, -0.1) is 0 Å². The molecule has 2 N–H and O–H groups in total. The lowest BCUT2D eigenvalue weighted by molar-refractivity contribution is -0.115. The number of amides is 1. The minimum absolute atomic E-state index is 0.177. The Bertz CT molecular complexity index is 854. The fourth-order valence-corrected chi connectivity index (χ4v) is 3.34. The van der Waals surface area contributed by atoms with Crippen LogP contribution in [0.25, 0.3) is 0 Å². The molecular weight excluding hydrogens is 336 g/mol. The Kier molecular flexibility index (Phi) is 4.66. The van der Waals surface area contributed by atoms with E-state index in [-0.39, 0.29) is 11.2 Å². The number of halogens is 2. The highest BCUT2D eigenvalue weighted by molar-refractivity contribution is 8.00. The van der Waals surface area contributed by atoms with Crippen LogP contribution < -0.4 is 10.9 Å². The SMILES string of the molecule is CC(Sc1nc2c(c(=O)[nH]1)CCC2)C(=O)Nc1cc(F)ccc1F. The lowest BCUT2D eigenvalue weighted by Gasteiger charge is -2.12. The van der Waals surface area contributed by atoms with Gasteiger partial charge in [-0.2, -0.15) is 0 Å². The quantitative estimate of drug-likeness (QED) is 0.656. The van der Waals surface area contributed by atoms with Gasteiger partial charge in [0, 0.05) is 11.6 Å². The maximum atomic E-state index is 13.6. The highest BCUT2D eigenvalue weighted by atomic mass is 32.2. The first-order chi connectivity index (χ1) is 11.4. The minimum atomic E-state index is -0.717. The van der Waals surface area contributed by atoms with Crippen LogP contribution in [-0.2, 0) is 17.6 Å². The zero-order valence-corrected chi connectivity index (χ0v) is 13.7. The second-order valence-electron chi connectivity index (χ2n) is 5.52. The average Bonchev–Trinajstić information content (AvgIpc) is 2.99. The van der Waals surface area contributed by atoms with E-state index < -0.39 is 22.8 Å². The van der Waals surface area contributed by atoms with Crippen LogP contribution in [0.2, 0.25) is 0 Å². The molecule has 5 nitrogen and oxygen atoms in total. The van der Waals surface area contributed by atoms with Gasteiger partial charge in [-0.1, -0.05) is 11.8 Å². The normalized spacial score (nSPS) is 14.3. The Hall–Kier alpha value is -2.22. The van der Waals surface area contributed by atoms with Crippen molar-refractivity contribution in [3.8, 4) is 0 Å². The number of hydrogen-bond acceptors (Lipinski definition) is 4. The molecule has 1 aliphatic rings. The van der Waals surface area contributed by atoms with Gasteiger partial charge in [-0.25, -0.2) is 13.8 Å². The molecule has 1 amide bonds. The summed E-state index contributed by atoms with van der Waals surface area (Å²) in [7, 11) is 0. The highest BCUT2D eigenvalue weighted by Gasteiger charge is 2.21. The standard InChI is InChI=1S/C16H15F2N3O2S/c1-8(14(22)19-13-7-9(17)5-6-11(13)18)24-16-20-12-4-2-3-10(12)15(23)21-16/h5-8H,2-4H2,1H3,(H,19,22)(H,20,21,23). The molecule has 1 atom stereocenters. The summed E-state index contributed by atoms with van der Waals surface area (Å²) in [5.74, 6) is -1.87. The van der Waals surface area contributed by atoms with Gasteiger partial charge in [-0.05, 0) is 38.3 Å². The third-order valence-corrected chi connectivity index (χ3v) is 4.75. The Labute approximate surface area is 140 Å². The van der Waals surface area contributed by atoms with E-state index in [1.807, 2.05) is 0 Å². The number of thioether (sulfide) groups is 1. The zero-order valence-electron chi connectivity index (χ0n) is 12.9. The van der Waals surface area contributed by atoms with Gasteiger partial charge in [-0.3, -0.25) is 9.59 Å². The van der Waals surface area contributed by atoms with Crippen molar-refractivity contribution in [2.45, 2.75) is 36.6 Å². The van der Waals surface area contributed by atoms with Crippen molar-refractivity contribution in [2.75, 3.05) is 5.32 Å². The zero-order chi connectivity index (χ0) is 17.3. The monoisotopic (exact) mass is 351 g/mol. The molecule has 0 radical (unpaired) electrons. The molecule has 1 heterocycles. The Morgan fingerprint density at radius 3 is 2.96 bits per heavy atom. The van der Waals surface area contributed by atoms with Gasteiger partial charge in [0.15, 0.2) is 5.16 Å². The predicted octanol–water partition coefficient (Wildman–Crippen LogP) is 2.66. The first kappa shape index (κ1) is 16.6. The topological polar surface area (TPSA) is 74.8 Å². The number of carbonyl (C=O) groups is 1. The summed E-state index contributed by atoms with van der Waals surface area (Å²) in [6.07, 6.45) is 2.37. The number of nitrogens with zero attached hydrogens (tertiary/aromatic N) is 1. The van der Waals surface area contributed by atoms with Crippen LogP contribution in [0.5, 0.6) is 0 Å². The number of hydrogen-bond donors (Lipinski definition) is 2. The van der Waals surface area contributed by atoms with Gasteiger partial charge in [0.2, 0.25) is 5.91 Å². The number of aryl methyl sites for hydroxylation is 1. The highest BCUT2D eigenvalue weighted by Crippen LogP contribution is 2.24. The van der Waals surface area contributed by atoms with Crippen molar-refractivity contribution < 1.29 is 13.6 Å². The fourth-order valence-electron chi connectivity index (χ4n) is 2.52. The van der Waals surface area contributed by atoms with E-state index in [9.17, 15) is 18.4 Å². The summed E-state index contributed by atoms with van der Waals surface area (Å²) in [5, 5.41) is 2.05. The largest absolute Gasteiger partial charge is 0.323 e. The maximum Gasteiger partial charge on any atom is 0.254 e. The second-order valence-corrected chi connectivity index (χ2v) is 6.85. The van der Waals surface area contributed by atoms with Crippen LogP contribution in [-0.4, -0.2) is 21.1 Å². The predicted molar refractivity (Wildman–Crippen MR) is 87.2 cm³/mol. The van der Waals surface area contributed by atoms with Gasteiger partial charge in [0.1, 0.15) is 11.6 Å². The van der Waals surface area contributed by atoms with Gasteiger partial charge < -0.3 is 10.3 Å².